The van der Waals surface area contributed by atoms with Gasteiger partial charge in [-0.1, -0.05) is 27.7 Å². The standard InChI is InChI=1S/C19H32N6O5S/c1-9(2)14(18(28)25-15(10(3)4)19(29)30)24-17(27)13(7-31)23-16(26)12(20)5-11-6-21-8-22-11/h6,8-10,12-15,31H,5,7,20H2,1-4H3,(H,21,22)(H,23,26)(H,24,27)(H,25,28)(H,29,30). The molecular weight excluding hydrogens is 424 g/mol. The molecule has 0 saturated carbocycles. The van der Waals surface area contributed by atoms with Crippen LogP contribution >= 0.6 is 12.6 Å². The van der Waals surface area contributed by atoms with Crippen molar-refractivity contribution in [1.82, 2.24) is 25.9 Å². The Bertz CT molecular complexity index is 755. The zero-order valence-electron chi connectivity index (χ0n) is 18.1. The van der Waals surface area contributed by atoms with Crippen LogP contribution in [0.2, 0.25) is 0 Å². The fourth-order valence-electron chi connectivity index (χ4n) is 2.74. The fourth-order valence-corrected chi connectivity index (χ4v) is 3.00. The van der Waals surface area contributed by atoms with Crippen LogP contribution in [0.5, 0.6) is 0 Å². The van der Waals surface area contributed by atoms with Gasteiger partial charge in [-0.15, -0.1) is 0 Å². The van der Waals surface area contributed by atoms with Gasteiger partial charge in [-0.2, -0.15) is 12.6 Å². The molecular formula is C19H32N6O5S. The van der Waals surface area contributed by atoms with Gasteiger partial charge in [0.05, 0.1) is 12.4 Å². The van der Waals surface area contributed by atoms with Crippen LogP contribution in [0.1, 0.15) is 33.4 Å². The first-order valence-electron chi connectivity index (χ1n) is 9.95. The summed E-state index contributed by atoms with van der Waals surface area (Å²) in [7, 11) is 0. The highest BCUT2D eigenvalue weighted by Crippen LogP contribution is 2.07. The van der Waals surface area contributed by atoms with Crippen molar-refractivity contribution in [3.63, 3.8) is 0 Å². The second-order valence-electron chi connectivity index (χ2n) is 7.93. The number of hydrogen-bond acceptors (Lipinski definition) is 7. The lowest BCUT2D eigenvalue weighted by molar-refractivity contribution is -0.143. The highest BCUT2D eigenvalue weighted by molar-refractivity contribution is 7.80. The predicted molar refractivity (Wildman–Crippen MR) is 117 cm³/mol. The second kappa shape index (κ2) is 12.3. The summed E-state index contributed by atoms with van der Waals surface area (Å²) in [5.74, 6) is -3.66. The van der Waals surface area contributed by atoms with E-state index in [1.807, 2.05) is 0 Å². The third-order valence-electron chi connectivity index (χ3n) is 4.62. The van der Waals surface area contributed by atoms with Crippen LogP contribution in [0.3, 0.4) is 0 Å². The van der Waals surface area contributed by atoms with Crippen molar-refractivity contribution < 1.29 is 24.3 Å². The molecule has 0 aliphatic heterocycles. The first kappa shape index (κ1) is 26.4. The SMILES string of the molecule is CC(C)C(NC(=O)C(NC(=O)C(CS)NC(=O)C(N)Cc1cnc[nH]1)C(C)C)C(=O)O. The van der Waals surface area contributed by atoms with Crippen molar-refractivity contribution in [3.05, 3.63) is 18.2 Å². The Labute approximate surface area is 186 Å². The van der Waals surface area contributed by atoms with Gasteiger partial charge in [0, 0.05) is 24.1 Å². The molecule has 0 spiro atoms. The zero-order chi connectivity index (χ0) is 23.7. The average molecular weight is 457 g/mol. The Morgan fingerprint density at radius 1 is 1.03 bits per heavy atom. The van der Waals surface area contributed by atoms with Gasteiger partial charge in [0.1, 0.15) is 18.1 Å². The number of thiol groups is 1. The summed E-state index contributed by atoms with van der Waals surface area (Å²) in [5.41, 5.74) is 6.56. The van der Waals surface area contributed by atoms with E-state index in [0.717, 1.165) is 0 Å². The average Bonchev–Trinajstić information content (AvgIpc) is 3.19. The van der Waals surface area contributed by atoms with Crippen LogP contribution in [-0.4, -0.2) is 68.7 Å². The lowest BCUT2D eigenvalue weighted by Gasteiger charge is -2.27. The molecule has 0 saturated heterocycles. The van der Waals surface area contributed by atoms with Crippen molar-refractivity contribution in [1.29, 1.82) is 0 Å². The smallest absolute Gasteiger partial charge is 0.326 e. The number of rotatable bonds is 12. The molecule has 3 amide bonds. The van der Waals surface area contributed by atoms with Crippen molar-refractivity contribution in [2.75, 3.05) is 5.75 Å². The van der Waals surface area contributed by atoms with E-state index in [2.05, 4.69) is 38.5 Å². The number of carboxylic acid groups (broad SMARTS) is 1. The van der Waals surface area contributed by atoms with Gasteiger partial charge < -0.3 is 31.8 Å². The molecule has 11 nitrogen and oxygen atoms in total. The quantitative estimate of drug-likeness (QED) is 0.198. The Morgan fingerprint density at radius 3 is 2.06 bits per heavy atom. The first-order chi connectivity index (χ1) is 14.5. The van der Waals surface area contributed by atoms with Gasteiger partial charge in [0.15, 0.2) is 0 Å². The number of amides is 3. The number of carbonyl (C=O) groups is 4. The number of carboxylic acids is 1. The molecule has 12 heteroatoms. The van der Waals surface area contributed by atoms with Crippen molar-refractivity contribution in [2.24, 2.45) is 17.6 Å². The third-order valence-corrected chi connectivity index (χ3v) is 4.99. The largest absolute Gasteiger partial charge is 0.480 e. The Balaban J connectivity index is 2.78. The van der Waals surface area contributed by atoms with Crippen LogP contribution < -0.4 is 21.7 Å². The number of imidazole rings is 1. The van der Waals surface area contributed by atoms with E-state index >= 15 is 0 Å². The van der Waals surface area contributed by atoms with Gasteiger partial charge in [-0.25, -0.2) is 9.78 Å². The Morgan fingerprint density at radius 2 is 1.61 bits per heavy atom. The summed E-state index contributed by atoms with van der Waals surface area (Å²) in [6.45, 7) is 6.76. The molecule has 1 aromatic heterocycles. The predicted octanol–water partition coefficient (Wildman–Crippen LogP) is -0.940. The van der Waals surface area contributed by atoms with Crippen molar-refractivity contribution in [3.8, 4) is 0 Å². The number of nitrogens with two attached hydrogens (primary N) is 1. The Hall–Kier alpha value is -2.60. The summed E-state index contributed by atoms with van der Waals surface area (Å²) < 4.78 is 0. The summed E-state index contributed by atoms with van der Waals surface area (Å²) in [5, 5.41) is 16.8. The minimum Gasteiger partial charge on any atom is -0.480 e. The number of hydrogen-bond donors (Lipinski definition) is 7. The van der Waals surface area contributed by atoms with Gasteiger partial charge in [-0.3, -0.25) is 14.4 Å². The molecule has 1 heterocycles. The number of nitrogens with zero attached hydrogens (tertiary/aromatic N) is 1. The maximum Gasteiger partial charge on any atom is 0.326 e. The Kier molecular flexibility index (Phi) is 10.5. The van der Waals surface area contributed by atoms with Crippen LogP contribution in [-0.2, 0) is 25.6 Å². The molecule has 0 aromatic carbocycles. The van der Waals surface area contributed by atoms with Crippen molar-refractivity contribution in [2.45, 2.75) is 58.3 Å². The van der Waals surface area contributed by atoms with E-state index in [0.29, 0.717) is 5.69 Å². The number of aliphatic carboxylic acids is 1. The number of aromatic amines is 1. The molecule has 1 rings (SSSR count). The van der Waals surface area contributed by atoms with Crippen molar-refractivity contribution >= 4 is 36.3 Å². The van der Waals surface area contributed by atoms with Gasteiger partial charge in [0.2, 0.25) is 17.7 Å². The lowest BCUT2D eigenvalue weighted by atomic mass is 10.00. The lowest BCUT2D eigenvalue weighted by Crippen LogP contribution is -2.59. The number of carbonyl (C=O) groups excluding carboxylic acids is 3. The molecule has 0 fully saturated rings. The summed E-state index contributed by atoms with van der Waals surface area (Å²) >= 11 is 4.11. The molecule has 31 heavy (non-hydrogen) atoms. The number of nitrogens with one attached hydrogen (secondary N) is 4. The second-order valence-corrected chi connectivity index (χ2v) is 8.30. The molecule has 174 valence electrons. The number of aromatic nitrogens is 2. The molecule has 0 aliphatic rings. The minimum absolute atomic E-state index is 0.0233. The highest BCUT2D eigenvalue weighted by Gasteiger charge is 2.32. The van der Waals surface area contributed by atoms with Gasteiger partial charge in [0.25, 0.3) is 0 Å². The zero-order valence-corrected chi connectivity index (χ0v) is 19.0. The van der Waals surface area contributed by atoms with Gasteiger partial charge >= 0.3 is 5.97 Å². The van der Waals surface area contributed by atoms with Crippen LogP contribution in [0.4, 0.5) is 0 Å². The summed E-state index contributed by atoms with van der Waals surface area (Å²) in [6, 6.07) is -4.03. The summed E-state index contributed by atoms with van der Waals surface area (Å²) in [4.78, 5) is 55.8. The van der Waals surface area contributed by atoms with E-state index in [4.69, 9.17) is 5.73 Å². The normalized spacial score (nSPS) is 15.1. The highest BCUT2D eigenvalue weighted by atomic mass is 32.1. The monoisotopic (exact) mass is 456 g/mol. The molecule has 0 bridgehead atoms. The van der Waals surface area contributed by atoms with Crippen LogP contribution in [0.15, 0.2) is 12.5 Å². The van der Waals surface area contributed by atoms with Crippen LogP contribution in [0.25, 0.3) is 0 Å². The molecule has 4 atom stereocenters. The van der Waals surface area contributed by atoms with Crippen LogP contribution in [0, 0.1) is 11.8 Å². The first-order valence-corrected chi connectivity index (χ1v) is 10.6. The molecule has 0 radical (unpaired) electrons. The number of H-pyrrole nitrogens is 1. The van der Waals surface area contributed by atoms with E-state index in [1.54, 1.807) is 33.9 Å². The van der Waals surface area contributed by atoms with E-state index in [1.165, 1.54) is 6.33 Å². The topological polar surface area (TPSA) is 179 Å². The molecule has 7 N–H and O–H groups in total. The van der Waals surface area contributed by atoms with E-state index in [9.17, 15) is 24.3 Å². The van der Waals surface area contributed by atoms with E-state index < -0.39 is 47.9 Å². The summed E-state index contributed by atoms with van der Waals surface area (Å²) in [6.07, 6.45) is 3.22. The molecule has 4 unspecified atom stereocenters. The minimum atomic E-state index is -1.16. The molecule has 1 aromatic rings. The molecule has 0 aliphatic carbocycles. The maximum absolute atomic E-state index is 12.7. The van der Waals surface area contributed by atoms with E-state index in [-0.39, 0.29) is 24.0 Å². The fraction of sp³-hybridized carbons (Fsp3) is 0.632. The third kappa shape index (κ3) is 8.21. The van der Waals surface area contributed by atoms with Gasteiger partial charge in [-0.05, 0) is 11.8 Å². The maximum atomic E-state index is 12.7.